The van der Waals surface area contributed by atoms with Gasteiger partial charge < -0.3 is 4.90 Å². The van der Waals surface area contributed by atoms with E-state index in [4.69, 9.17) is 4.99 Å². The first-order chi connectivity index (χ1) is 8.36. The van der Waals surface area contributed by atoms with E-state index in [0.717, 1.165) is 5.92 Å². The van der Waals surface area contributed by atoms with Crippen molar-refractivity contribution in [3.05, 3.63) is 34.8 Å². The zero-order valence-corrected chi connectivity index (χ0v) is 10.5. The van der Waals surface area contributed by atoms with Crippen LogP contribution in [0.1, 0.15) is 19.8 Å². The Morgan fingerprint density at radius 3 is 2.71 bits per heavy atom. The van der Waals surface area contributed by atoms with Crippen LogP contribution in [-0.4, -0.2) is 30.6 Å². The first-order valence-corrected chi connectivity index (χ1v) is 6.74. The number of para-hydroxylation sites is 1. The number of hydrogen-bond acceptors (Lipinski definition) is 2. The maximum absolute atomic E-state index is 4.85. The summed E-state index contributed by atoms with van der Waals surface area (Å²) >= 11 is 0. The quantitative estimate of drug-likeness (QED) is 0.742. The minimum Gasteiger partial charge on any atom is -0.304 e. The number of rotatable bonds is 2. The van der Waals surface area contributed by atoms with Crippen LogP contribution in [0.25, 0.3) is 6.08 Å². The molecule has 0 amide bonds. The third-order valence-electron chi connectivity index (χ3n) is 4.14. The van der Waals surface area contributed by atoms with Crippen molar-refractivity contribution in [1.82, 2.24) is 4.90 Å². The second kappa shape index (κ2) is 4.61. The smallest absolute Gasteiger partial charge is 0.0725 e. The monoisotopic (exact) mass is 228 g/mol. The van der Waals surface area contributed by atoms with Crippen molar-refractivity contribution in [2.24, 2.45) is 10.9 Å². The van der Waals surface area contributed by atoms with Gasteiger partial charge in [0.05, 0.1) is 11.4 Å². The lowest BCUT2D eigenvalue weighted by molar-refractivity contribution is 0.187. The number of hydrogen-bond donors (Lipinski definition) is 0. The van der Waals surface area contributed by atoms with Gasteiger partial charge in [-0.2, -0.15) is 0 Å². The van der Waals surface area contributed by atoms with Crippen molar-refractivity contribution in [2.75, 3.05) is 19.6 Å². The van der Waals surface area contributed by atoms with Crippen molar-refractivity contribution < 1.29 is 0 Å². The Morgan fingerprint density at radius 2 is 2.00 bits per heavy atom. The van der Waals surface area contributed by atoms with E-state index in [1.807, 2.05) is 0 Å². The SMILES string of the molecule is CCN1CCC(C2C=c3ccccc3=N2)CC1. The van der Waals surface area contributed by atoms with Crippen LogP contribution in [0.5, 0.6) is 0 Å². The lowest BCUT2D eigenvalue weighted by atomic mass is 9.90. The Hall–Kier alpha value is -1.15. The molecule has 0 bridgehead atoms. The molecular weight excluding hydrogens is 208 g/mol. The van der Waals surface area contributed by atoms with Crippen LogP contribution in [0.2, 0.25) is 0 Å². The number of nitrogens with zero attached hydrogens (tertiary/aromatic N) is 2. The van der Waals surface area contributed by atoms with Crippen LogP contribution in [0.4, 0.5) is 0 Å². The van der Waals surface area contributed by atoms with Gasteiger partial charge in [-0.05, 0) is 49.7 Å². The molecule has 1 aromatic rings. The molecule has 1 unspecified atom stereocenters. The molecule has 17 heavy (non-hydrogen) atoms. The molecule has 0 N–H and O–H groups in total. The predicted octanol–water partition coefficient (Wildman–Crippen LogP) is 1.20. The van der Waals surface area contributed by atoms with Crippen molar-refractivity contribution in [2.45, 2.75) is 25.8 Å². The van der Waals surface area contributed by atoms with Crippen molar-refractivity contribution in [3.8, 4) is 0 Å². The van der Waals surface area contributed by atoms with Gasteiger partial charge in [0.1, 0.15) is 0 Å². The Labute approximate surface area is 103 Å². The lowest BCUT2D eigenvalue weighted by Gasteiger charge is -2.32. The standard InChI is InChI=1S/C15H20N2/c1-2-17-9-7-12(8-10-17)15-11-13-5-3-4-6-14(13)16-15/h3-6,11-12,15H,2,7-10H2,1H3. The second-order valence-electron chi connectivity index (χ2n) is 5.12. The van der Waals surface area contributed by atoms with E-state index in [1.54, 1.807) is 0 Å². The Kier molecular flexibility index (Phi) is 2.98. The normalized spacial score (nSPS) is 25.1. The highest BCUT2D eigenvalue weighted by atomic mass is 15.1. The summed E-state index contributed by atoms with van der Waals surface area (Å²) < 4.78 is 0. The molecule has 0 spiro atoms. The summed E-state index contributed by atoms with van der Waals surface area (Å²) in [5.41, 5.74) is 0. The molecule has 2 heterocycles. The second-order valence-corrected chi connectivity index (χ2v) is 5.12. The van der Waals surface area contributed by atoms with Gasteiger partial charge in [-0.25, -0.2) is 0 Å². The molecule has 1 saturated heterocycles. The van der Waals surface area contributed by atoms with E-state index in [0.29, 0.717) is 6.04 Å². The van der Waals surface area contributed by atoms with Crippen molar-refractivity contribution in [3.63, 3.8) is 0 Å². The van der Waals surface area contributed by atoms with Gasteiger partial charge in [-0.1, -0.05) is 31.2 Å². The van der Waals surface area contributed by atoms with Gasteiger partial charge in [0.25, 0.3) is 0 Å². The molecule has 0 aromatic heterocycles. The number of likely N-dealkylation sites (tertiary alicyclic amines) is 1. The Bertz CT molecular complexity index is 463. The summed E-state index contributed by atoms with van der Waals surface area (Å²) in [5.74, 6) is 0.755. The minimum absolute atomic E-state index is 0.436. The van der Waals surface area contributed by atoms with E-state index in [1.165, 1.54) is 43.1 Å². The fourth-order valence-electron chi connectivity index (χ4n) is 2.98. The fraction of sp³-hybridized carbons (Fsp3) is 0.533. The van der Waals surface area contributed by atoms with Crippen molar-refractivity contribution >= 4 is 6.08 Å². The average molecular weight is 228 g/mol. The van der Waals surface area contributed by atoms with Crippen LogP contribution in [0, 0.1) is 5.92 Å². The minimum atomic E-state index is 0.436. The number of fused-ring (bicyclic) bond motifs is 1. The first-order valence-electron chi connectivity index (χ1n) is 6.74. The van der Waals surface area contributed by atoms with Crippen molar-refractivity contribution in [1.29, 1.82) is 0 Å². The molecule has 2 aliphatic rings. The van der Waals surface area contributed by atoms with Gasteiger partial charge >= 0.3 is 0 Å². The molecule has 0 aliphatic carbocycles. The van der Waals surface area contributed by atoms with E-state index < -0.39 is 0 Å². The van der Waals surface area contributed by atoms with Gasteiger partial charge in [0, 0.05) is 0 Å². The molecule has 2 nitrogen and oxygen atoms in total. The molecular formula is C15H20N2. The average Bonchev–Trinajstić information content (AvgIpc) is 2.82. The summed E-state index contributed by atoms with van der Waals surface area (Å²) in [4.78, 5) is 7.39. The van der Waals surface area contributed by atoms with Gasteiger partial charge in [0.2, 0.25) is 0 Å². The van der Waals surface area contributed by atoms with E-state index in [9.17, 15) is 0 Å². The Morgan fingerprint density at radius 1 is 1.24 bits per heavy atom. The van der Waals surface area contributed by atoms with Gasteiger partial charge in [0.15, 0.2) is 0 Å². The molecule has 0 radical (unpaired) electrons. The summed E-state index contributed by atoms with van der Waals surface area (Å²) in [6.45, 7) is 5.94. The zero-order chi connectivity index (χ0) is 11.7. The van der Waals surface area contributed by atoms with E-state index in [2.05, 4.69) is 42.2 Å². The highest BCUT2D eigenvalue weighted by Gasteiger charge is 2.25. The number of piperidine rings is 1. The highest BCUT2D eigenvalue weighted by molar-refractivity contribution is 5.35. The summed E-state index contributed by atoms with van der Waals surface area (Å²) in [6.07, 6.45) is 4.96. The molecule has 2 aliphatic heterocycles. The van der Waals surface area contributed by atoms with Gasteiger partial charge in [-0.15, -0.1) is 0 Å². The fourth-order valence-corrected chi connectivity index (χ4v) is 2.98. The summed E-state index contributed by atoms with van der Waals surface area (Å²) in [5, 5.41) is 2.52. The van der Waals surface area contributed by atoms with Crippen LogP contribution in [0.3, 0.4) is 0 Å². The Balaban J connectivity index is 1.74. The maximum atomic E-state index is 4.85. The van der Waals surface area contributed by atoms with E-state index >= 15 is 0 Å². The third-order valence-corrected chi connectivity index (χ3v) is 4.14. The molecule has 1 aromatic carbocycles. The third kappa shape index (κ3) is 2.14. The maximum Gasteiger partial charge on any atom is 0.0725 e. The van der Waals surface area contributed by atoms with E-state index in [-0.39, 0.29) is 0 Å². The first kappa shape index (κ1) is 11.0. The molecule has 3 rings (SSSR count). The summed E-state index contributed by atoms with van der Waals surface area (Å²) in [7, 11) is 0. The topological polar surface area (TPSA) is 15.6 Å². The largest absolute Gasteiger partial charge is 0.304 e. The molecule has 0 saturated carbocycles. The molecule has 90 valence electrons. The molecule has 1 atom stereocenters. The zero-order valence-electron chi connectivity index (χ0n) is 10.5. The van der Waals surface area contributed by atoms with Crippen LogP contribution < -0.4 is 10.6 Å². The molecule has 1 fully saturated rings. The number of benzene rings is 1. The highest BCUT2D eigenvalue weighted by Crippen LogP contribution is 2.23. The lowest BCUT2D eigenvalue weighted by Crippen LogP contribution is -2.36. The van der Waals surface area contributed by atoms with Crippen LogP contribution in [-0.2, 0) is 0 Å². The van der Waals surface area contributed by atoms with Crippen LogP contribution in [0.15, 0.2) is 29.3 Å². The molecule has 2 heteroatoms. The van der Waals surface area contributed by atoms with Crippen LogP contribution >= 0.6 is 0 Å². The van der Waals surface area contributed by atoms with Gasteiger partial charge in [-0.3, -0.25) is 4.99 Å². The predicted molar refractivity (Wildman–Crippen MR) is 70.3 cm³/mol. The summed E-state index contributed by atoms with van der Waals surface area (Å²) in [6, 6.07) is 8.93.